The molecule has 0 rings (SSSR count). The van der Waals surface area contributed by atoms with Crippen LogP contribution >= 0.6 is 0 Å². The lowest BCUT2D eigenvalue weighted by Crippen LogP contribution is -1.98. The van der Waals surface area contributed by atoms with Crippen molar-refractivity contribution in [3.8, 4) is 0 Å². The van der Waals surface area contributed by atoms with E-state index in [-0.39, 0.29) is 0 Å². The van der Waals surface area contributed by atoms with Gasteiger partial charge in [0.1, 0.15) is 0 Å². The van der Waals surface area contributed by atoms with Crippen LogP contribution in [0.1, 0.15) is 26.7 Å². The van der Waals surface area contributed by atoms with E-state index in [0.29, 0.717) is 12.0 Å². The minimum Gasteiger partial charge on any atom is -0.478 e. The van der Waals surface area contributed by atoms with Gasteiger partial charge < -0.3 is 5.11 Å². The topological polar surface area (TPSA) is 37.3 Å². The highest BCUT2D eigenvalue weighted by atomic mass is 16.4. The zero-order valence-corrected chi connectivity index (χ0v) is 7.00. The fraction of sp³-hybridized carbons (Fsp3) is 0.444. The zero-order chi connectivity index (χ0) is 8.69. The van der Waals surface area contributed by atoms with E-state index < -0.39 is 5.97 Å². The van der Waals surface area contributed by atoms with Crippen LogP contribution in [0.15, 0.2) is 23.8 Å². The molecule has 0 aromatic heterocycles. The van der Waals surface area contributed by atoms with Crippen LogP contribution in [0.3, 0.4) is 0 Å². The van der Waals surface area contributed by atoms with Gasteiger partial charge in [0.05, 0.1) is 0 Å². The van der Waals surface area contributed by atoms with Crippen LogP contribution in [0.4, 0.5) is 0 Å². The molecule has 0 aliphatic carbocycles. The number of carboxylic acid groups (broad SMARTS) is 1. The monoisotopic (exact) mass is 154 g/mol. The van der Waals surface area contributed by atoms with Crippen molar-refractivity contribution in [2.75, 3.05) is 0 Å². The van der Waals surface area contributed by atoms with Crippen molar-refractivity contribution in [1.82, 2.24) is 0 Å². The summed E-state index contributed by atoms with van der Waals surface area (Å²) < 4.78 is 0. The van der Waals surface area contributed by atoms with E-state index in [1.807, 2.05) is 26.0 Å². The van der Waals surface area contributed by atoms with Crippen LogP contribution in [0.2, 0.25) is 0 Å². The van der Waals surface area contributed by atoms with E-state index >= 15 is 0 Å². The molecule has 2 nitrogen and oxygen atoms in total. The molecule has 0 heterocycles. The van der Waals surface area contributed by atoms with Crippen molar-refractivity contribution in [2.45, 2.75) is 26.7 Å². The van der Waals surface area contributed by atoms with Crippen LogP contribution in [0, 0.1) is 0 Å². The highest BCUT2D eigenvalue weighted by molar-refractivity contribution is 5.86. The van der Waals surface area contributed by atoms with Gasteiger partial charge in [0, 0.05) is 5.57 Å². The smallest absolute Gasteiger partial charge is 0.331 e. The van der Waals surface area contributed by atoms with E-state index in [4.69, 9.17) is 5.11 Å². The summed E-state index contributed by atoms with van der Waals surface area (Å²) in [7, 11) is 0. The van der Waals surface area contributed by atoms with Gasteiger partial charge in [0.15, 0.2) is 0 Å². The number of allylic oxidation sites excluding steroid dienone is 3. The molecule has 0 bridgehead atoms. The number of carboxylic acids is 1. The molecule has 0 atom stereocenters. The van der Waals surface area contributed by atoms with E-state index in [0.717, 1.165) is 6.42 Å². The highest BCUT2D eigenvalue weighted by Gasteiger charge is 2.02. The normalized spacial score (nSPS) is 12.4. The Morgan fingerprint density at radius 2 is 2.18 bits per heavy atom. The van der Waals surface area contributed by atoms with Crippen LogP contribution in [-0.2, 0) is 4.79 Å². The molecule has 11 heavy (non-hydrogen) atoms. The van der Waals surface area contributed by atoms with Crippen molar-refractivity contribution in [1.29, 1.82) is 0 Å². The predicted molar refractivity (Wildman–Crippen MR) is 45.4 cm³/mol. The fourth-order valence-electron chi connectivity index (χ4n) is 0.749. The second-order valence-corrected chi connectivity index (χ2v) is 2.22. The SMILES string of the molecule is C/C=C/C/C(=C\CC)C(=O)O. The molecule has 0 aliphatic heterocycles. The van der Waals surface area contributed by atoms with Gasteiger partial charge in [-0.3, -0.25) is 0 Å². The van der Waals surface area contributed by atoms with E-state index in [1.165, 1.54) is 0 Å². The number of hydrogen-bond donors (Lipinski definition) is 1. The Morgan fingerprint density at radius 1 is 1.55 bits per heavy atom. The van der Waals surface area contributed by atoms with Gasteiger partial charge in [-0.2, -0.15) is 0 Å². The Bertz CT molecular complexity index is 178. The summed E-state index contributed by atoms with van der Waals surface area (Å²) in [6.07, 6.45) is 6.74. The van der Waals surface area contributed by atoms with Gasteiger partial charge in [0.25, 0.3) is 0 Å². The van der Waals surface area contributed by atoms with Gasteiger partial charge in [-0.05, 0) is 19.8 Å². The maximum absolute atomic E-state index is 10.5. The summed E-state index contributed by atoms with van der Waals surface area (Å²) in [5, 5.41) is 8.63. The van der Waals surface area contributed by atoms with Crippen LogP contribution in [-0.4, -0.2) is 11.1 Å². The van der Waals surface area contributed by atoms with Gasteiger partial charge in [0.2, 0.25) is 0 Å². The summed E-state index contributed by atoms with van der Waals surface area (Å²) >= 11 is 0. The van der Waals surface area contributed by atoms with Gasteiger partial charge in [-0.15, -0.1) is 0 Å². The first-order chi connectivity index (χ1) is 5.22. The lowest BCUT2D eigenvalue weighted by atomic mass is 10.1. The third kappa shape index (κ3) is 4.37. The predicted octanol–water partition coefficient (Wildman–Crippen LogP) is 2.37. The highest BCUT2D eigenvalue weighted by Crippen LogP contribution is 2.03. The minimum atomic E-state index is -0.815. The molecule has 0 unspecified atom stereocenters. The van der Waals surface area contributed by atoms with Crippen LogP contribution in [0.25, 0.3) is 0 Å². The van der Waals surface area contributed by atoms with Crippen LogP contribution in [0.5, 0.6) is 0 Å². The van der Waals surface area contributed by atoms with Crippen molar-refractivity contribution < 1.29 is 9.90 Å². The standard InChI is InChI=1S/C9H14O2/c1-3-5-7-8(6-4-2)9(10)11/h3,5-6H,4,7H2,1-2H3,(H,10,11)/b5-3+,8-6+. The van der Waals surface area contributed by atoms with Crippen LogP contribution < -0.4 is 0 Å². The maximum Gasteiger partial charge on any atom is 0.331 e. The lowest BCUT2D eigenvalue weighted by molar-refractivity contribution is -0.132. The van der Waals surface area contributed by atoms with Crippen molar-refractivity contribution in [3.63, 3.8) is 0 Å². The lowest BCUT2D eigenvalue weighted by Gasteiger charge is -1.95. The van der Waals surface area contributed by atoms with E-state index in [2.05, 4.69) is 0 Å². The van der Waals surface area contributed by atoms with Gasteiger partial charge >= 0.3 is 5.97 Å². The molecule has 0 saturated heterocycles. The molecule has 0 aromatic carbocycles. The molecule has 0 saturated carbocycles. The van der Waals surface area contributed by atoms with E-state index in [1.54, 1.807) is 6.08 Å². The molecular weight excluding hydrogens is 140 g/mol. The summed E-state index contributed by atoms with van der Waals surface area (Å²) in [4.78, 5) is 10.5. The fourth-order valence-corrected chi connectivity index (χ4v) is 0.749. The third-order valence-electron chi connectivity index (χ3n) is 1.30. The Kier molecular flexibility index (Phi) is 5.17. The van der Waals surface area contributed by atoms with Crippen molar-refractivity contribution >= 4 is 5.97 Å². The molecule has 0 aliphatic rings. The Labute approximate surface area is 67.2 Å². The Balaban J connectivity index is 4.12. The first-order valence-corrected chi connectivity index (χ1v) is 3.75. The Morgan fingerprint density at radius 3 is 2.55 bits per heavy atom. The Hall–Kier alpha value is -1.05. The molecule has 0 aromatic rings. The summed E-state index contributed by atoms with van der Waals surface area (Å²) in [6.45, 7) is 3.81. The summed E-state index contributed by atoms with van der Waals surface area (Å²) in [5.74, 6) is -0.815. The largest absolute Gasteiger partial charge is 0.478 e. The maximum atomic E-state index is 10.5. The first-order valence-electron chi connectivity index (χ1n) is 3.75. The quantitative estimate of drug-likeness (QED) is 0.498. The second kappa shape index (κ2) is 5.71. The molecule has 62 valence electrons. The molecule has 0 radical (unpaired) electrons. The molecule has 0 fully saturated rings. The minimum absolute atomic E-state index is 0.477. The number of carbonyl (C=O) groups is 1. The number of hydrogen-bond acceptors (Lipinski definition) is 1. The van der Waals surface area contributed by atoms with Crippen molar-refractivity contribution in [2.24, 2.45) is 0 Å². The summed E-state index contributed by atoms with van der Waals surface area (Å²) in [5.41, 5.74) is 0.477. The molecule has 0 amide bonds. The van der Waals surface area contributed by atoms with Gasteiger partial charge in [-0.25, -0.2) is 4.79 Å². The average molecular weight is 154 g/mol. The van der Waals surface area contributed by atoms with Gasteiger partial charge in [-0.1, -0.05) is 25.2 Å². The molecular formula is C9H14O2. The second-order valence-electron chi connectivity index (χ2n) is 2.22. The van der Waals surface area contributed by atoms with Crippen molar-refractivity contribution in [3.05, 3.63) is 23.8 Å². The number of aliphatic carboxylic acids is 1. The third-order valence-corrected chi connectivity index (χ3v) is 1.30. The summed E-state index contributed by atoms with van der Waals surface area (Å²) in [6, 6.07) is 0. The molecule has 1 N–H and O–H groups in total. The average Bonchev–Trinajstić information content (AvgIpc) is 1.97. The zero-order valence-electron chi connectivity index (χ0n) is 7.00. The first kappa shape index (κ1) is 9.95. The number of rotatable bonds is 4. The molecule has 0 spiro atoms. The molecule has 2 heteroatoms. The van der Waals surface area contributed by atoms with E-state index in [9.17, 15) is 4.79 Å².